The smallest absolute Gasteiger partial charge is 0.255 e. The van der Waals surface area contributed by atoms with Gasteiger partial charge in [-0.1, -0.05) is 0 Å². The maximum Gasteiger partial charge on any atom is 0.255 e. The number of aromatic nitrogens is 3. The lowest BCUT2D eigenvalue weighted by Gasteiger charge is -2.34. The molecule has 0 saturated carbocycles. The maximum absolute atomic E-state index is 13.5. The summed E-state index contributed by atoms with van der Waals surface area (Å²) in [6.07, 6.45) is 1.76. The molecule has 1 aliphatic rings. The number of carbonyl (C=O) groups excluding carboxylic acids is 1. The van der Waals surface area contributed by atoms with Crippen LogP contribution in [0.15, 0.2) is 22.7 Å². The molecule has 1 unspecified atom stereocenters. The molecule has 0 aromatic carbocycles. The minimum absolute atomic E-state index is 0. The summed E-state index contributed by atoms with van der Waals surface area (Å²) in [6, 6.07) is 4.16. The van der Waals surface area contributed by atoms with E-state index in [-0.39, 0.29) is 42.8 Å². The molecule has 4 rings (SSSR count). The number of amides is 1. The largest absolute Gasteiger partial charge is 0.466 e. The number of furan rings is 1. The van der Waals surface area contributed by atoms with E-state index in [0.717, 1.165) is 46.9 Å². The van der Waals surface area contributed by atoms with Gasteiger partial charge in [0.2, 0.25) is 0 Å². The highest BCUT2D eigenvalue weighted by Crippen LogP contribution is 2.30. The summed E-state index contributed by atoms with van der Waals surface area (Å²) in [5, 5.41) is 8.65. The topological polar surface area (TPSA) is 76.2 Å². The van der Waals surface area contributed by atoms with Crippen molar-refractivity contribution in [3.05, 3.63) is 35.4 Å². The zero-order valence-electron chi connectivity index (χ0n) is 17.9. The Balaban J connectivity index is 0.00000160. The molecule has 9 heteroatoms. The highest BCUT2D eigenvalue weighted by Gasteiger charge is 2.27. The molecular weight excluding hydrogens is 425 g/mol. The summed E-state index contributed by atoms with van der Waals surface area (Å²) in [7, 11) is 0. The molecule has 1 saturated heterocycles. The number of nitrogens with one attached hydrogen (secondary N) is 1. The van der Waals surface area contributed by atoms with E-state index in [4.69, 9.17) is 9.40 Å². The second-order valence-electron chi connectivity index (χ2n) is 7.85. The fourth-order valence-corrected chi connectivity index (χ4v) is 3.89. The number of pyridine rings is 1. The van der Waals surface area contributed by atoms with Crippen LogP contribution in [0.2, 0.25) is 0 Å². The summed E-state index contributed by atoms with van der Waals surface area (Å²) in [5.74, 6) is 1.66. The zero-order chi connectivity index (χ0) is 20.0. The van der Waals surface area contributed by atoms with Gasteiger partial charge >= 0.3 is 0 Å². The molecule has 7 nitrogen and oxygen atoms in total. The molecule has 0 spiro atoms. The van der Waals surface area contributed by atoms with Gasteiger partial charge in [-0.3, -0.25) is 4.79 Å². The first-order valence-corrected chi connectivity index (χ1v) is 9.84. The predicted molar refractivity (Wildman–Crippen MR) is 123 cm³/mol. The lowest BCUT2D eigenvalue weighted by molar-refractivity contribution is 0.0658. The lowest BCUT2D eigenvalue weighted by Crippen LogP contribution is -2.52. The molecule has 164 valence electrons. The third-order valence-electron chi connectivity index (χ3n) is 5.37. The van der Waals surface area contributed by atoms with Crippen molar-refractivity contribution in [2.75, 3.05) is 19.6 Å². The van der Waals surface area contributed by atoms with E-state index in [1.807, 2.05) is 35.6 Å². The molecule has 4 heterocycles. The first kappa shape index (κ1) is 24.2. The molecule has 1 atom stereocenters. The van der Waals surface area contributed by atoms with Crippen molar-refractivity contribution in [3.8, 4) is 11.3 Å². The highest BCUT2D eigenvalue weighted by atomic mass is 35.5. The van der Waals surface area contributed by atoms with Crippen molar-refractivity contribution in [3.63, 3.8) is 0 Å². The van der Waals surface area contributed by atoms with Crippen LogP contribution in [0.4, 0.5) is 0 Å². The number of rotatable bonds is 3. The minimum atomic E-state index is 0. The summed E-state index contributed by atoms with van der Waals surface area (Å²) in [6.45, 7) is 12.4. The number of halogens is 2. The van der Waals surface area contributed by atoms with E-state index in [1.165, 1.54) is 0 Å². The molecule has 30 heavy (non-hydrogen) atoms. The molecule has 0 aliphatic carbocycles. The molecule has 1 fully saturated rings. The van der Waals surface area contributed by atoms with Crippen LogP contribution in [0.1, 0.15) is 48.7 Å². The van der Waals surface area contributed by atoms with Crippen LogP contribution < -0.4 is 5.32 Å². The van der Waals surface area contributed by atoms with E-state index < -0.39 is 0 Å². The summed E-state index contributed by atoms with van der Waals surface area (Å²) >= 11 is 0. The van der Waals surface area contributed by atoms with Gasteiger partial charge in [-0.25, -0.2) is 9.67 Å². The number of nitrogens with zero attached hydrogens (tertiary/aromatic N) is 4. The molecule has 1 aliphatic heterocycles. The van der Waals surface area contributed by atoms with Crippen molar-refractivity contribution in [1.29, 1.82) is 0 Å². The molecule has 3 aromatic heterocycles. The van der Waals surface area contributed by atoms with Crippen molar-refractivity contribution < 1.29 is 9.21 Å². The summed E-state index contributed by atoms with van der Waals surface area (Å²) in [5.41, 5.74) is 3.05. The van der Waals surface area contributed by atoms with Crippen LogP contribution in [0, 0.1) is 13.8 Å². The second-order valence-corrected chi connectivity index (χ2v) is 7.85. The Morgan fingerprint density at radius 2 is 2.00 bits per heavy atom. The van der Waals surface area contributed by atoms with Crippen molar-refractivity contribution in [2.45, 2.75) is 46.7 Å². The average Bonchev–Trinajstić information content (AvgIpc) is 3.23. The van der Waals surface area contributed by atoms with Crippen molar-refractivity contribution in [1.82, 2.24) is 25.0 Å². The predicted octanol–water partition coefficient (Wildman–Crippen LogP) is 4.17. The third-order valence-corrected chi connectivity index (χ3v) is 5.37. The van der Waals surface area contributed by atoms with Gasteiger partial charge in [0.15, 0.2) is 5.65 Å². The van der Waals surface area contributed by atoms with Crippen LogP contribution in [0.25, 0.3) is 22.3 Å². The maximum atomic E-state index is 13.5. The van der Waals surface area contributed by atoms with E-state index in [2.05, 4.69) is 31.2 Å². The first-order chi connectivity index (χ1) is 13.4. The minimum Gasteiger partial charge on any atom is -0.466 e. The normalized spacial score (nSPS) is 16.5. The Labute approximate surface area is 189 Å². The highest BCUT2D eigenvalue weighted by molar-refractivity contribution is 6.06. The molecule has 0 bridgehead atoms. The Hall–Kier alpha value is -2.09. The monoisotopic (exact) mass is 453 g/mol. The SMILES string of the molecule is Cc1cc(-c2cc(C(=O)N3CCNCC3C)c3cnn(C(C)C)c3n2)c(C)o1.Cl.Cl. The molecule has 0 radical (unpaired) electrons. The molecule has 1 N–H and O–H groups in total. The average molecular weight is 454 g/mol. The van der Waals surface area contributed by atoms with Gasteiger partial charge in [-0.2, -0.15) is 5.10 Å². The van der Waals surface area contributed by atoms with E-state index in [1.54, 1.807) is 6.20 Å². The summed E-state index contributed by atoms with van der Waals surface area (Å²) < 4.78 is 7.58. The number of fused-ring (bicyclic) bond motifs is 1. The van der Waals surface area contributed by atoms with E-state index >= 15 is 0 Å². The second kappa shape index (κ2) is 9.37. The molecule has 1 amide bonds. The van der Waals surface area contributed by atoms with E-state index in [0.29, 0.717) is 12.1 Å². The lowest BCUT2D eigenvalue weighted by atomic mass is 10.0. The van der Waals surface area contributed by atoms with Crippen molar-refractivity contribution in [2.24, 2.45) is 0 Å². The van der Waals surface area contributed by atoms with Gasteiger partial charge in [0, 0.05) is 37.3 Å². The fourth-order valence-electron chi connectivity index (χ4n) is 3.89. The van der Waals surface area contributed by atoms with Crippen LogP contribution in [0.3, 0.4) is 0 Å². The molecular formula is C21H29Cl2N5O2. The standard InChI is InChI=1S/C21H27N5O2.2ClH/c1-12(2)26-20-18(11-23-26)17(21(27)25-7-6-22-10-13(25)3)9-19(24-20)16-8-14(4)28-15(16)5;;/h8-9,11-13,22H,6-7,10H2,1-5H3;2*1H. The quantitative estimate of drug-likeness (QED) is 0.643. The molecule has 3 aromatic rings. The Kier molecular flexibility index (Phi) is 7.55. The number of aryl methyl sites for hydroxylation is 2. The number of carbonyl (C=O) groups is 1. The zero-order valence-corrected chi connectivity index (χ0v) is 19.6. The van der Waals surface area contributed by atoms with E-state index in [9.17, 15) is 4.79 Å². The van der Waals surface area contributed by atoms with Gasteiger partial charge in [0.25, 0.3) is 5.91 Å². The van der Waals surface area contributed by atoms with Gasteiger partial charge < -0.3 is 14.6 Å². The first-order valence-electron chi connectivity index (χ1n) is 9.84. The fraction of sp³-hybridized carbons (Fsp3) is 0.476. The van der Waals surface area contributed by atoms with Crippen LogP contribution in [-0.4, -0.2) is 51.2 Å². The van der Waals surface area contributed by atoms with Crippen LogP contribution in [0.5, 0.6) is 0 Å². The third kappa shape index (κ3) is 4.19. The number of hydrogen-bond acceptors (Lipinski definition) is 5. The van der Waals surface area contributed by atoms with Gasteiger partial charge in [0.1, 0.15) is 11.5 Å². The van der Waals surface area contributed by atoms with Crippen molar-refractivity contribution >= 4 is 41.8 Å². The Morgan fingerprint density at radius 1 is 1.27 bits per heavy atom. The Bertz CT molecular complexity index is 1040. The summed E-state index contributed by atoms with van der Waals surface area (Å²) in [4.78, 5) is 20.3. The van der Waals surface area contributed by atoms with Gasteiger partial charge in [-0.15, -0.1) is 24.8 Å². The van der Waals surface area contributed by atoms with Crippen LogP contribution >= 0.6 is 24.8 Å². The van der Waals surface area contributed by atoms with Gasteiger partial charge in [-0.05, 0) is 46.8 Å². The van der Waals surface area contributed by atoms with Crippen LogP contribution in [-0.2, 0) is 0 Å². The van der Waals surface area contributed by atoms with Gasteiger partial charge in [0.05, 0.1) is 22.8 Å². The number of hydrogen-bond donors (Lipinski definition) is 1. The Morgan fingerprint density at radius 3 is 2.60 bits per heavy atom. The number of piperazine rings is 1.